The Morgan fingerprint density at radius 1 is 1.29 bits per heavy atom. The van der Waals surface area contributed by atoms with E-state index < -0.39 is 5.60 Å². The highest BCUT2D eigenvalue weighted by molar-refractivity contribution is 6.32. The molecule has 8 heteroatoms. The van der Waals surface area contributed by atoms with Crippen LogP contribution in [0.3, 0.4) is 0 Å². The van der Waals surface area contributed by atoms with E-state index in [2.05, 4.69) is 20.5 Å². The minimum Gasteiger partial charge on any atom is -0.388 e. The van der Waals surface area contributed by atoms with Crippen molar-refractivity contribution in [3.05, 3.63) is 10.4 Å². The van der Waals surface area contributed by atoms with E-state index in [0.29, 0.717) is 38.4 Å². The first-order valence-electron chi connectivity index (χ1n) is 5.19. The van der Waals surface area contributed by atoms with Gasteiger partial charge in [0.05, 0.1) is 5.60 Å². The topological polar surface area (TPSA) is 80.2 Å². The van der Waals surface area contributed by atoms with Crippen molar-refractivity contribution in [3.63, 3.8) is 0 Å². The summed E-state index contributed by atoms with van der Waals surface area (Å²) in [5.74, 6) is 0.326. The highest BCUT2D eigenvalue weighted by Gasteiger charge is 2.29. The standard InChI is InChI=1S/C9H12Cl2N4O2/c10-6-7(13-8(11)15-14-6)12-5-9(16)1-3-17-4-2-9/h16H,1-5H2,(H,12,13,15). The summed E-state index contributed by atoms with van der Waals surface area (Å²) in [4.78, 5) is 3.89. The normalized spacial score (nSPS) is 19.0. The summed E-state index contributed by atoms with van der Waals surface area (Å²) >= 11 is 11.4. The zero-order chi connectivity index (χ0) is 12.3. The molecule has 2 heterocycles. The van der Waals surface area contributed by atoms with Gasteiger partial charge >= 0.3 is 0 Å². The zero-order valence-corrected chi connectivity index (χ0v) is 10.5. The van der Waals surface area contributed by atoms with Gasteiger partial charge < -0.3 is 15.2 Å². The van der Waals surface area contributed by atoms with Gasteiger partial charge in [0.1, 0.15) is 0 Å². The van der Waals surface area contributed by atoms with Crippen LogP contribution in [0.1, 0.15) is 12.8 Å². The molecule has 0 unspecified atom stereocenters. The Morgan fingerprint density at radius 2 is 2.00 bits per heavy atom. The third-order valence-corrected chi connectivity index (χ3v) is 3.04. The van der Waals surface area contributed by atoms with Crippen molar-refractivity contribution in [1.29, 1.82) is 0 Å². The summed E-state index contributed by atoms with van der Waals surface area (Å²) in [5.41, 5.74) is -0.807. The molecule has 1 fully saturated rings. The highest BCUT2D eigenvalue weighted by atomic mass is 35.5. The average molecular weight is 279 g/mol. The third kappa shape index (κ3) is 3.38. The van der Waals surface area contributed by atoms with Gasteiger partial charge in [0, 0.05) is 32.6 Å². The lowest BCUT2D eigenvalue weighted by molar-refractivity contribution is -0.0543. The molecule has 1 aliphatic rings. The zero-order valence-electron chi connectivity index (χ0n) is 8.99. The molecule has 2 N–H and O–H groups in total. The van der Waals surface area contributed by atoms with Gasteiger partial charge in [-0.2, -0.15) is 4.98 Å². The van der Waals surface area contributed by atoms with Gasteiger partial charge in [-0.3, -0.25) is 0 Å². The van der Waals surface area contributed by atoms with E-state index in [-0.39, 0.29) is 10.4 Å². The Balaban J connectivity index is 1.99. The second kappa shape index (κ2) is 5.30. The molecule has 0 aromatic carbocycles. The van der Waals surface area contributed by atoms with Crippen molar-refractivity contribution < 1.29 is 9.84 Å². The lowest BCUT2D eigenvalue weighted by Gasteiger charge is -2.32. The summed E-state index contributed by atoms with van der Waals surface area (Å²) in [5, 5.41) is 20.4. The number of rotatable bonds is 3. The predicted octanol–water partition coefficient (Wildman–Crippen LogP) is 1.13. The molecular formula is C9H12Cl2N4O2. The van der Waals surface area contributed by atoms with Gasteiger partial charge in [-0.1, -0.05) is 11.6 Å². The molecule has 6 nitrogen and oxygen atoms in total. The number of ether oxygens (including phenoxy) is 1. The Hall–Kier alpha value is -0.690. The predicted molar refractivity (Wildman–Crippen MR) is 63.3 cm³/mol. The van der Waals surface area contributed by atoms with Crippen molar-refractivity contribution in [2.24, 2.45) is 0 Å². The van der Waals surface area contributed by atoms with E-state index in [0.717, 1.165) is 0 Å². The maximum absolute atomic E-state index is 10.2. The first-order valence-corrected chi connectivity index (χ1v) is 5.94. The van der Waals surface area contributed by atoms with Gasteiger partial charge in [0.15, 0.2) is 11.0 Å². The molecule has 0 atom stereocenters. The molecule has 0 aliphatic carbocycles. The summed E-state index contributed by atoms with van der Waals surface area (Å²) in [6, 6.07) is 0. The number of halogens is 2. The van der Waals surface area contributed by atoms with Crippen LogP contribution in [0.15, 0.2) is 0 Å². The summed E-state index contributed by atoms with van der Waals surface area (Å²) in [6.07, 6.45) is 1.15. The summed E-state index contributed by atoms with van der Waals surface area (Å²) in [7, 11) is 0. The molecule has 1 aromatic rings. The molecule has 2 rings (SSSR count). The molecule has 1 aliphatic heterocycles. The Bertz CT molecular complexity index is 399. The van der Waals surface area contributed by atoms with Crippen molar-refractivity contribution >= 4 is 29.0 Å². The van der Waals surface area contributed by atoms with Crippen LogP contribution in [-0.2, 0) is 4.74 Å². The van der Waals surface area contributed by atoms with Crippen LogP contribution in [0.25, 0.3) is 0 Å². The number of aromatic nitrogens is 3. The fourth-order valence-electron chi connectivity index (χ4n) is 1.58. The Kier molecular flexibility index (Phi) is 3.98. The average Bonchev–Trinajstić information content (AvgIpc) is 2.31. The minimum atomic E-state index is -0.807. The molecule has 1 saturated heterocycles. The number of nitrogens with zero attached hydrogens (tertiary/aromatic N) is 3. The number of hydrogen-bond donors (Lipinski definition) is 2. The first kappa shape index (κ1) is 12.8. The number of anilines is 1. The summed E-state index contributed by atoms with van der Waals surface area (Å²) < 4.78 is 5.19. The lowest BCUT2D eigenvalue weighted by Crippen LogP contribution is -2.42. The Morgan fingerprint density at radius 3 is 2.71 bits per heavy atom. The maximum atomic E-state index is 10.2. The Labute approximate surface area is 108 Å². The molecule has 1 aromatic heterocycles. The van der Waals surface area contributed by atoms with Crippen LogP contribution < -0.4 is 5.32 Å². The number of aliphatic hydroxyl groups is 1. The van der Waals surface area contributed by atoms with E-state index in [1.807, 2.05) is 0 Å². The second-order valence-electron chi connectivity index (χ2n) is 3.91. The van der Waals surface area contributed by atoms with Gasteiger partial charge in [0.25, 0.3) is 0 Å². The molecule has 0 bridgehead atoms. The van der Waals surface area contributed by atoms with E-state index in [9.17, 15) is 5.11 Å². The number of nitrogens with one attached hydrogen (secondary N) is 1. The van der Waals surface area contributed by atoms with E-state index in [4.69, 9.17) is 27.9 Å². The van der Waals surface area contributed by atoms with Crippen LogP contribution in [0, 0.1) is 0 Å². The largest absolute Gasteiger partial charge is 0.388 e. The van der Waals surface area contributed by atoms with E-state index >= 15 is 0 Å². The van der Waals surface area contributed by atoms with E-state index in [1.54, 1.807) is 0 Å². The van der Waals surface area contributed by atoms with Gasteiger partial charge in [-0.25, -0.2) is 0 Å². The third-order valence-electron chi connectivity index (χ3n) is 2.63. The van der Waals surface area contributed by atoms with Crippen molar-refractivity contribution in [2.45, 2.75) is 18.4 Å². The smallest absolute Gasteiger partial charge is 0.245 e. The van der Waals surface area contributed by atoms with Crippen molar-refractivity contribution in [2.75, 3.05) is 25.1 Å². The lowest BCUT2D eigenvalue weighted by atomic mass is 9.94. The van der Waals surface area contributed by atoms with Gasteiger partial charge in [-0.05, 0) is 11.6 Å². The minimum absolute atomic E-state index is 0.0101. The quantitative estimate of drug-likeness (QED) is 0.863. The van der Waals surface area contributed by atoms with Crippen LogP contribution in [-0.4, -0.2) is 45.6 Å². The SMILES string of the molecule is OC1(CNc2nc(Cl)nnc2Cl)CCOCC1. The molecule has 17 heavy (non-hydrogen) atoms. The first-order chi connectivity index (χ1) is 8.09. The highest BCUT2D eigenvalue weighted by Crippen LogP contribution is 2.23. The van der Waals surface area contributed by atoms with Crippen molar-refractivity contribution in [3.8, 4) is 0 Å². The van der Waals surface area contributed by atoms with Crippen LogP contribution >= 0.6 is 23.2 Å². The van der Waals surface area contributed by atoms with Gasteiger partial charge in [0.2, 0.25) is 5.28 Å². The molecule has 0 radical (unpaired) electrons. The summed E-state index contributed by atoms with van der Waals surface area (Å²) in [6.45, 7) is 1.43. The molecule has 0 saturated carbocycles. The molecule has 0 spiro atoms. The maximum Gasteiger partial charge on any atom is 0.245 e. The van der Waals surface area contributed by atoms with E-state index in [1.165, 1.54) is 0 Å². The van der Waals surface area contributed by atoms with Crippen LogP contribution in [0.4, 0.5) is 5.82 Å². The second-order valence-corrected chi connectivity index (χ2v) is 4.61. The fraction of sp³-hybridized carbons (Fsp3) is 0.667. The fourth-order valence-corrected chi connectivity index (χ4v) is 1.85. The number of hydrogen-bond acceptors (Lipinski definition) is 6. The van der Waals surface area contributed by atoms with Crippen LogP contribution in [0.5, 0.6) is 0 Å². The molecule has 94 valence electrons. The monoisotopic (exact) mass is 278 g/mol. The van der Waals surface area contributed by atoms with Gasteiger partial charge in [-0.15, -0.1) is 10.2 Å². The molecular weight excluding hydrogens is 267 g/mol. The molecule has 0 amide bonds. The van der Waals surface area contributed by atoms with Crippen LogP contribution in [0.2, 0.25) is 10.4 Å². The van der Waals surface area contributed by atoms with Crippen molar-refractivity contribution in [1.82, 2.24) is 15.2 Å².